The van der Waals surface area contributed by atoms with Gasteiger partial charge in [-0.05, 0) is 90.5 Å². The number of rotatable bonds is 4. The third kappa shape index (κ3) is 3.71. The number of nitrogens with zero attached hydrogens (tertiary/aromatic N) is 2. The highest BCUT2D eigenvalue weighted by Crippen LogP contribution is 2.53. The van der Waals surface area contributed by atoms with E-state index in [1.807, 2.05) is 37.3 Å². The van der Waals surface area contributed by atoms with E-state index in [-0.39, 0.29) is 29.1 Å². The molecule has 1 saturated heterocycles. The number of hydrogen-bond acceptors (Lipinski definition) is 4. The molecule has 5 rings (SSSR count). The molecule has 1 saturated carbocycles. The maximum atomic E-state index is 13.8. The van der Waals surface area contributed by atoms with Crippen LogP contribution in [0.3, 0.4) is 0 Å². The van der Waals surface area contributed by atoms with Crippen molar-refractivity contribution in [1.29, 1.82) is 0 Å². The first-order valence-corrected chi connectivity index (χ1v) is 13.6. The molecule has 6 heteroatoms. The van der Waals surface area contributed by atoms with Crippen molar-refractivity contribution in [2.45, 2.75) is 101 Å². The fourth-order valence-corrected chi connectivity index (χ4v) is 8.13. The molecule has 0 unspecified atom stereocenters. The minimum absolute atomic E-state index is 0.0361. The van der Waals surface area contributed by atoms with E-state index in [9.17, 15) is 8.42 Å². The molecule has 2 aromatic rings. The summed E-state index contributed by atoms with van der Waals surface area (Å²) in [5.41, 5.74) is 2.85. The molecule has 1 aliphatic carbocycles. The Morgan fingerprint density at radius 3 is 2.21 bits per heavy atom. The molecule has 0 amide bonds. The third-order valence-corrected chi connectivity index (χ3v) is 9.75. The first kappa shape index (κ1) is 22.9. The molecule has 0 aromatic heterocycles. The van der Waals surface area contributed by atoms with Crippen LogP contribution in [0.15, 0.2) is 53.4 Å². The van der Waals surface area contributed by atoms with Gasteiger partial charge in [0.05, 0.1) is 22.7 Å². The van der Waals surface area contributed by atoms with Gasteiger partial charge in [-0.2, -0.15) is 5.06 Å². The Balaban J connectivity index is 1.51. The van der Waals surface area contributed by atoms with Crippen LogP contribution in [0, 0.1) is 6.92 Å². The smallest absolute Gasteiger partial charge is 0.264 e. The average molecular weight is 469 g/mol. The molecular weight excluding hydrogens is 432 g/mol. The highest BCUT2D eigenvalue weighted by Gasteiger charge is 2.54. The summed E-state index contributed by atoms with van der Waals surface area (Å²) < 4.78 is 29.3. The normalized spacial score (nSPS) is 28.5. The third-order valence-electron chi connectivity index (χ3n) is 7.89. The first-order chi connectivity index (χ1) is 15.5. The van der Waals surface area contributed by atoms with Gasteiger partial charge >= 0.3 is 0 Å². The predicted molar refractivity (Wildman–Crippen MR) is 132 cm³/mol. The van der Waals surface area contributed by atoms with Gasteiger partial charge in [-0.15, -0.1) is 0 Å². The monoisotopic (exact) mass is 468 g/mol. The second kappa shape index (κ2) is 7.82. The Hall–Kier alpha value is -1.89. The first-order valence-electron chi connectivity index (χ1n) is 12.2. The second-order valence-electron chi connectivity index (χ2n) is 11.3. The Kier molecular flexibility index (Phi) is 5.42. The number of hydroxylamine groups is 2. The number of anilines is 1. The SMILES string of the molecule is Cc1ccc(S(=O)(=O)N2c3ccccc3[C@@H]3[C@@H](ON4C(C)(C)CCCC4(C)C)CC[C@@H]32)cc1. The highest BCUT2D eigenvalue weighted by molar-refractivity contribution is 7.92. The topological polar surface area (TPSA) is 49.9 Å². The molecule has 2 aromatic carbocycles. The molecule has 3 atom stereocenters. The van der Waals surface area contributed by atoms with Crippen molar-refractivity contribution in [3.63, 3.8) is 0 Å². The van der Waals surface area contributed by atoms with Crippen LogP contribution >= 0.6 is 0 Å². The van der Waals surface area contributed by atoms with E-state index in [1.54, 1.807) is 16.4 Å². The van der Waals surface area contributed by atoms with E-state index >= 15 is 0 Å². The zero-order valence-corrected chi connectivity index (χ0v) is 21.2. The lowest BCUT2D eigenvalue weighted by molar-refractivity contribution is -0.305. The number of para-hydroxylation sites is 1. The second-order valence-corrected chi connectivity index (χ2v) is 13.1. The molecule has 178 valence electrons. The van der Waals surface area contributed by atoms with Crippen LogP contribution in [0.1, 0.15) is 76.8 Å². The molecule has 5 nitrogen and oxygen atoms in total. The van der Waals surface area contributed by atoms with Crippen LogP contribution in [0.2, 0.25) is 0 Å². The van der Waals surface area contributed by atoms with Crippen LogP contribution in [-0.4, -0.2) is 36.7 Å². The van der Waals surface area contributed by atoms with Crippen molar-refractivity contribution in [2.75, 3.05) is 4.31 Å². The summed E-state index contributed by atoms with van der Waals surface area (Å²) in [5.74, 6) is 0.0370. The van der Waals surface area contributed by atoms with Crippen LogP contribution in [0.5, 0.6) is 0 Å². The molecular formula is C27H36N2O3S. The van der Waals surface area contributed by atoms with E-state index in [1.165, 1.54) is 6.42 Å². The lowest BCUT2D eigenvalue weighted by atomic mass is 9.82. The summed E-state index contributed by atoms with van der Waals surface area (Å²) in [6.07, 6.45) is 5.01. The standard InChI is InChI=1S/C27H36N2O3S/c1-19-11-13-20(14-12-19)33(30,31)28-22-10-7-6-9-21(22)25-23(28)15-16-24(25)32-29-26(2,3)17-8-18-27(29,4)5/h6-7,9-14,23-25H,8,15-18H2,1-5H3/t23-,24-,25-/m0/s1. The fourth-order valence-electron chi connectivity index (χ4n) is 6.41. The van der Waals surface area contributed by atoms with Gasteiger partial charge in [0, 0.05) is 17.0 Å². The number of benzene rings is 2. The van der Waals surface area contributed by atoms with Gasteiger partial charge < -0.3 is 0 Å². The Morgan fingerprint density at radius 1 is 0.909 bits per heavy atom. The number of sulfonamides is 1. The van der Waals surface area contributed by atoms with Crippen molar-refractivity contribution in [3.05, 3.63) is 59.7 Å². The van der Waals surface area contributed by atoms with E-state index in [2.05, 4.69) is 38.8 Å². The van der Waals surface area contributed by atoms with Gasteiger partial charge in [0.2, 0.25) is 0 Å². The van der Waals surface area contributed by atoms with E-state index in [0.717, 1.165) is 42.5 Å². The maximum Gasteiger partial charge on any atom is 0.264 e. The molecule has 3 aliphatic rings. The van der Waals surface area contributed by atoms with Crippen molar-refractivity contribution >= 4 is 15.7 Å². The summed E-state index contributed by atoms with van der Waals surface area (Å²) in [4.78, 5) is 7.20. The summed E-state index contributed by atoms with van der Waals surface area (Å²) in [5, 5.41) is 2.23. The molecule has 2 aliphatic heterocycles. The molecule has 0 spiro atoms. The van der Waals surface area contributed by atoms with Crippen LogP contribution < -0.4 is 4.31 Å². The predicted octanol–water partition coefficient (Wildman–Crippen LogP) is 5.79. The summed E-state index contributed by atoms with van der Waals surface area (Å²) in [6.45, 7) is 11.0. The van der Waals surface area contributed by atoms with Gasteiger partial charge in [-0.1, -0.05) is 35.9 Å². The van der Waals surface area contributed by atoms with Crippen LogP contribution in [0.25, 0.3) is 0 Å². The lowest BCUT2D eigenvalue weighted by Crippen LogP contribution is -2.59. The van der Waals surface area contributed by atoms with Gasteiger partial charge in [-0.25, -0.2) is 8.42 Å². The Morgan fingerprint density at radius 2 is 1.55 bits per heavy atom. The van der Waals surface area contributed by atoms with Gasteiger partial charge in [0.25, 0.3) is 10.0 Å². The van der Waals surface area contributed by atoms with Gasteiger partial charge in [-0.3, -0.25) is 9.14 Å². The van der Waals surface area contributed by atoms with Crippen LogP contribution in [0.4, 0.5) is 5.69 Å². The largest absolute Gasteiger partial charge is 0.294 e. The van der Waals surface area contributed by atoms with Crippen LogP contribution in [-0.2, 0) is 14.9 Å². The molecule has 0 radical (unpaired) electrons. The fraction of sp³-hybridized carbons (Fsp3) is 0.556. The molecule has 0 bridgehead atoms. The maximum absolute atomic E-state index is 13.8. The van der Waals surface area contributed by atoms with Gasteiger partial charge in [0.1, 0.15) is 0 Å². The summed E-state index contributed by atoms with van der Waals surface area (Å²) in [6, 6.07) is 15.1. The lowest BCUT2D eigenvalue weighted by Gasteiger charge is -2.52. The number of hydrogen-bond donors (Lipinski definition) is 0. The van der Waals surface area contributed by atoms with Crippen molar-refractivity contribution in [2.24, 2.45) is 0 Å². The minimum Gasteiger partial charge on any atom is -0.294 e. The molecule has 2 heterocycles. The Labute approximate surface area is 198 Å². The van der Waals surface area contributed by atoms with Crippen molar-refractivity contribution in [1.82, 2.24) is 5.06 Å². The highest BCUT2D eigenvalue weighted by atomic mass is 32.2. The zero-order valence-electron chi connectivity index (χ0n) is 20.4. The number of aryl methyl sites for hydroxylation is 1. The number of fused-ring (bicyclic) bond motifs is 3. The average Bonchev–Trinajstić information content (AvgIpc) is 3.29. The molecule has 2 fully saturated rings. The zero-order chi connectivity index (χ0) is 23.6. The van der Waals surface area contributed by atoms with Crippen molar-refractivity contribution in [3.8, 4) is 0 Å². The molecule has 0 N–H and O–H groups in total. The van der Waals surface area contributed by atoms with E-state index < -0.39 is 10.0 Å². The molecule has 33 heavy (non-hydrogen) atoms. The minimum atomic E-state index is -3.66. The quantitative estimate of drug-likeness (QED) is 0.570. The van der Waals surface area contributed by atoms with Crippen molar-refractivity contribution < 1.29 is 13.3 Å². The summed E-state index contributed by atoms with van der Waals surface area (Å²) >= 11 is 0. The van der Waals surface area contributed by atoms with Gasteiger partial charge in [0.15, 0.2) is 0 Å². The van der Waals surface area contributed by atoms with E-state index in [4.69, 9.17) is 4.84 Å². The summed E-state index contributed by atoms with van der Waals surface area (Å²) in [7, 11) is -3.66. The Bertz CT molecular complexity index is 1120. The number of piperidine rings is 1. The van der Waals surface area contributed by atoms with E-state index in [0.29, 0.717) is 4.90 Å².